The number of carbonyl (C=O) groups excluding carboxylic acids is 2. The summed E-state index contributed by atoms with van der Waals surface area (Å²) in [6, 6.07) is 25.6. The molecule has 0 radical (unpaired) electrons. The highest BCUT2D eigenvalue weighted by Crippen LogP contribution is 2.27. The highest BCUT2D eigenvalue weighted by Gasteiger charge is 2.09. The van der Waals surface area contributed by atoms with Gasteiger partial charge in [-0.3, -0.25) is 9.59 Å². The Morgan fingerprint density at radius 1 is 0.806 bits per heavy atom. The maximum Gasteiger partial charge on any atom is 0.240 e. The topological polar surface area (TPSA) is 70.6 Å². The van der Waals surface area contributed by atoms with Crippen LogP contribution in [-0.2, 0) is 9.59 Å². The lowest BCUT2D eigenvalue weighted by Gasteiger charge is -2.08. The molecule has 0 aliphatic rings. The van der Waals surface area contributed by atoms with Gasteiger partial charge in [0.2, 0.25) is 11.8 Å². The van der Waals surface area contributed by atoms with Crippen LogP contribution in [0.4, 0.5) is 5.69 Å². The van der Waals surface area contributed by atoms with Gasteiger partial charge in [-0.25, -0.2) is 5.43 Å². The second kappa shape index (κ2) is 9.53. The van der Waals surface area contributed by atoms with E-state index in [-0.39, 0.29) is 24.7 Å². The van der Waals surface area contributed by atoms with E-state index in [9.17, 15) is 9.59 Å². The van der Waals surface area contributed by atoms with Crippen molar-refractivity contribution < 1.29 is 9.59 Å². The molecule has 0 heterocycles. The number of benzene rings is 4. The molecule has 6 heteroatoms. The van der Waals surface area contributed by atoms with E-state index in [2.05, 4.69) is 50.0 Å². The molecule has 0 aromatic heterocycles. The van der Waals surface area contributed by atoms with Crippen molar-refractivity contribution in [2.75, 3.05) is 5.32 Å². The zero-order valence-corrected chi connectivity index (χ0v) is 18.2. The molecule has 4 aromatic carbocycles. The van der Waals surface area contributed by atoms with E-state index in [1.807, 2.05) is 54.6 Å². The molecular weight excluding hydrogens is 454 g/mol. The van der Waals surface area contributed by atoms with Gasteiger partial charge >= 0.3 is 0 Å². The number of fused-ring (bicyclic) bond motifs is 2. The third-order valence-electron chi connectivity index (χ3n) is 4.92. The number of nitrogens with zero attached hydrogens (tertiary/aromatic N) is 1. The van der Waals surface area contributed by atoms with Crippen molar-refractivity contribution in [2.45, 2.75) is 12.8 Å². The van der Waals surface area contributed by atoms with Gasteiger partial charge in [-0.05, 0) is 55.7 Å². The van der Waals surface area contributed by atoms with Crippen LogP contribution in [0, 0.1) is 0 Å². The van der Waals surface area contributed by atoms with E-state index in [1.54, 1.807) is 12.3 Å². The number of hydrogen-bond acceptors (Lipinski definition) is 3. The quantitative estimate of drug-likeness (QED) is 0.216. The lowest BCUT2D eigenvalue weighted by atomic mass is 9.97. The molecule has 0 aliphatic carbocycles. The average molecular weight is 474 g/mol. The second-order valence-corrected chi connectivity index (χ2v) is 7.91. The summed E-state index contributed by atoms with van der Waals surface area (Å²) in [4.78, 5) is 24.3. The molecule has 0 saturated heterocycles. The lowest BCUT2D eigenvalue weighted by molar-refractivity contribution is -0.124. The van der Waals surface area contributed by atoms with Crippen molar-refractivity contribution in [2.24, 2.45) is 5.10 Å². The first-order chi connectivity index (χ1) is 15.1. The summed E-state index contributed by atoms with van der Waals surface area (Å²) in [5.74, 6) is -0.547. The van der Waals surface area contributed by atoms with Crippen LogP contribution in [0.1, 0.15) is 18.4 Å². The molecule has 0 unspecified atom stereocenters. The summed E-state index contributed by atoms with van der Waals surface area (Å²) >= 11 is 3.38. The van der Waals surface area contributed by atoms with Gasteiger partial charge in [-0.15, -0.1) is 0 Å². The number of hydrazone groups is 1. The molecule has 2 N–H and O–H groups in total. The molecule has 0 spiro atoms. The summed E-state index contributed by atoms with van der Waals surface area (Å²) in [7, 11) is 0. The molecule has 2 amide bonds. The number of para-hydroxylation sites is 1. The van der Waals surface area contributed by atoms with Crippen LogP contribution in [0.5, 0.6) is 0 Å². The van der Waals surface area contributed by atoms with Crippen LogP contribution in [-0.4, -0.2) is 18.0 Å². The van der Waals surface area contributed by atoms with Gasteiger partial charge < -0.3 is 5.32 Å². The van der Waals surface area contributed by atoms with Crippen molar-refractivity contribution in [3.63, 3.8) is 0 Å². The molecule has 0 aliphatic heterocycles. The number of rotatable bonds is 6. The Bertz CT molecular complexity index is 1250. The van der Waals surface area contributed by atoms with Crippen LogP contribution in [0.2, 0.25) is 0 Å². The van der Waals surface area contributed by atoms with E-state index in [0.29, 0.717) is 5.69 Å². The molecule has 0 atom stereocenters. The van der Waals surface area contributed by atoms with Crippen molar-refractivity contribution >= 4 is 61.2 Å². The number of nitrogens with one attached hydrogen (secondary N) is 2. The van der Waals surface area contributed by atoms with Crippen LogP contribution < -0.4 is 10.7 Å². The number of halogens is 1. The number of amides is 2. The molecule has 4 aromatic rings. The minimum Gasteiger partial charge on any atom is -0.325 e. The Kier molecular flexibility index (Phi) is 6.38. The molecular formula is C25H20BrN3O2. The van der Waals surface area contributed by atoms with Gasteiger partial charge in [0, 0.05) is 22.9 Å². The SMILES string of the molecule is O=C(CCC(=O)Nc1ccccc1Br)N/N=C\c1c2ccccc2cc2ccccc12. The van der Waals surface area contributed by atoms with Crippen molar-refractivity contribution in [1.29, 1.82) is 0 Å². The third-order valence-corrected chi connectivity index (χ3v) is 5.61. The Balaban J connectivity index is 1.41. The molecule has 0 saturated carbocycles. The molecule has 4 rings (SSSR count). The van der Waals surface area contributed by atoms with E-state index < -0.39 is 0 Å². The maximum absolute atomic E-state index is 12.2. The summed E-state index contributed by atoms with van der Waals surface area (Å²) in [5.41, 5.74) is 4.15. The number of anilines is 1. The standard InChI is InChI=1S/C25H20BrN3O2/c26-22-11-5-6-12-23(22)28-24(30)13-14-25(31)29-27-16-21-19-9-3-1-7-17(19)15-18-8-2-4-10-20(18)21/h1-12,15-16H,13-14H2,(H,28,30)(H,29,31)/b27-16-. The first kappa shape index (κ1) is 20.8. The zero-order chi connectivity index (χ0) is 21.6. The predicted molar refractivity (Wildman–Crippen MR) is 129 cm³/mol. The highest BCUT2D eigenvalue weighted by atomic mass is 79.9. The van der Waals surface area contributed by atoms with Gasteiger partial charge in [-0.2, -0.15) is 5.10 Å². The van der Waals surface area contributed by atoms with E-state index in [0.717, 1.165) is 31.6 Å². The second-order valence-electron chi connectivity index (χ2n) is 7.05. The smallest absolute Gasteiger partial charge is 0.240 e. The maximum atomic E-state index is 12.2. The fourth-order valence-electron chi connectivity index (χ4n) is 3.42. The van der Waals surface area contributed by atoms with Crippen LogP contribution in [0.15, 0.2) is 88.4 Å². The zero-order valence-electron chi connectivity index (χ0n) is 16.6. The van der Waals surface area contributed by atoms with Gasteiger partial charge in [0.25, 0.3) is 0 Å². The molecule has 154 valence electrons. The van der Waals surface area contributed by atoms with Gasteiger partial charge in [0.1, 0.15) is 0 Å². The van der Waals surface area contributed by atoms with E-state index in [4.69, 9.17) is 0 Å². The Labute approximate surface area is 188 Å². The minimum atomic E-state index is -0.317. The molecule has 5 nitrogen and oxygen atoms in total. The van der Waals surface area contributed by atoms with Gasteiger partial charge in [-0.1, -0.05) is 60.7 Å². The number of carbonyl (C=O) groups is 2. The first-order valence-electron chi connectivity index (χ1n) is 9.88. The van der Waals surface area contributed by atoms with Crippen molar-refractivity contribution in [1.82, 2.24) is 5.43 Å². The summed E-state index contributed by atoms with van der Waals surface area (Å²) in [6.07, 6.45) is 1.79. The van der Waals surface area contributed by atoms with Gasteiger partial charge in [0.15, 0.2) is 0 Å². The lowest BCUT2D eigenvalue weighted by Crippen LogP contribution is -2.20. The Hall–Kier alpha value is -3.51. The van der Waals surface area contributed by atoms with Crippen molar-refractivity contribution in [3.8, 4) is 0 Å². The summed E-state index contributed by atoms with van der Waals surface area (Å²) in [5, 5.41) is 11.3. The van der Waals surface area contributed by atoms with Crippen LogP contribution in [0.25, 0.3) is 21.5 Å². The Morgan fingerprint density at radius 2 is 1.39 bits per heavy atom. The fourth-order valence-corrected chi connectivity index (χ4v) is 3.80. The van der Waals surface area contributed by atoms with E-state index >= 15 is 0 Å². The van der Waals surface area contributed by atoms with E-state index in [1.165, 1.54) is 0 Å². The summed E-state index contributed by atoms with van der Waals surface area (Å²) < 4.78 is 0.791. The average Bonchev–Trinajstić information content (AvgIpc) is 2.79. The predicted octanol–water partition coefficient (Wildman–Crippen LogP) is 5.62. The van der Waals surface area contributed by atoms with Gasteiger partial charge in [0.05, 0.1) is 11.9 Å². The highest BCUT2D eigenvalue weighted by molar-refractivity contribution is 9.10. The normalized spacial score (nSPS) is 11.1. The molecule has 0 fully saturated rings. The Morgan fingerprint density at radius 3 is 2.06 bits per heavy atom. The minimum absolute atomic E-state index is 0.0455. The summed E-state index contributed by atoms with van der Waals surface area (Å²) in [6.45, 7) is 0. The number of hydrogen-bond donors (Lipinski definition) is 2. The molecule has 0 bridgehead atoms. The first-order valence-corrected chi connectivity index (χ1v) is 10.7. The van der Waals surface area contributed by atoms with Crippen LogP contribution in [0.3, 0.4) is 0 Å². The molecule has 31 heavy (non-hydrogen) atoms. The monoisotopic (exact) mass is 473 g/mol. The largest absolute Gasteiger partial charge is 0.325 e. The van der Waals surface area contributed by atoms with Crippen LogP contribution >= 0.6 is 15.9 Å². The fraction of sp³-hybridized carbons (Fsp3) is 0.0800. The third kappa shape index (κ3) is 4.98. The van der Waals surface area contributed by atoms with Crippen molar-refractivity contribution in [3.05, 3.63) is 88.9 Å².